The van der Waals surface area contributed by atoms with E-state index in [9.17, 15) is 32.3 Å². The molecule has 15 heteroatoms. The van der Waals surface area contributed by atoms with Crippen LogP contribution in [0.2, 0.25) is 0 Å². The normalized spacial score (nSPS) is 15.1. The summed E-state index contributed by atoms with van der Waals surface area (Å²) < 4.78 is 46.6. The molecule has 0 aliphatic carbocycles. The van der Waals surface area contributed by atoms with Crippen molar-refractivity contribution >= 4 is 23.9 Å². The number of piperazine rings is 1. The third-order valence-electron chi connectivity index (χ3n) is 4.52. The van der Waals surface area contributed by atoms with Gasteiger partial charge in [0.2, 0.25) is 0 Å². The van der Waals surface area contributed by atoms with Crippen LogP contribution in [0.15, 0.2) is 18.2 Å². The van der Waals surface area contributed by atoms with Crippen LogP contribution in [0.3, 0.4) is 0 Å². The third kappa shape index (κ3) is 18.6. The number of carbonyl (C=O) groups is 4. The molecule has 0 unspecified atom stereocenters. The zero-order chi connectivity index (χ0) is 29.3. The van der Waals surface area contributed by atoms with E-state index < -0.39 is 30.2 Å². The summed E-state index contributed by atoms with van der Waals surface area (Å²) in [5.74, 6) is -3.92. The van der Waals surface area contributed by atoms with Crippen LogP contribution in [-0.4, -0.2) is 87.8 Å². The number of nitrogens with zero attached hydrogens (tertiary/aromatic N) is 1. The molecule has 216 valence electrons. The van der Waals surface area contributed by atoms with Crippen molar-refractivity contribution in [2.24, 2.45) is 0 Å². The van der Waals surface area contributed by atoms with Crippen molar-refractivity contribution in [3.8, 4) is 11.5 Å². The van der Waals surface area contributed by atoms with Gasteiger partial charge < -0.3 is 35.2 Å². The molecule has 12 nitrogen and oxygen atoms in total. The fourth-order valence-corrected chi connectivity index (χ4v) is 3.00. The van der Waals surface area contributed by atoms with Gasteiger partial charge in [0.1, 0.15) is 11.5 Å². The van der Waals surface area contributed by atoms with E-state index in [1.54, 1.807) is 0 Å². The Morgan fingerprint density at radius 2 is 1.47 bits per heavy atom. The minimum absolute atomic E-state index is 0.214. The Hall–Kier alpha value is -3.59. The molecular formula is C23H33F3N2O10. The molecule has 0 saturated carbocycles. The van der Waals surface area contributed by atoms with E-state index in [1.165, 1.54) is 18.2 Å². The Balaban J connectivity index is 0.000000705. The van der Waals surface area contributed by atoms with E-state index in [0.717, 1.165) is 19.6 Å². The number of carboxylic acid groups (broad SMARTS) is 4. The third-order valence-corrected chi connectivity index (χ3v) is 4.52. The van der Waals surface area contributed by atoms with Crippen molar-refractivity contribution in [2.45, 2.75) is 58.5 Å². The van der Waals surface area contributed by atoms with E-state index >= 15 is 0 Å². The van der Waals surface area contributed by atoms with Gasteiger partial charge in [-0.05, 0) is 32.0 Å². The highest BCUT2D eigenvalue weighted by Crippen LogP contribution is 2.29. The molecule has 0 amide bonds. The van der Waals surface area contributed by atoms with Crippen molar-refractivity contribution in [3.05, 3.63) is 23.8 Å². The smallest absolute Gasteiger partial charge is 0.494 e. The Labute approximate surface area is 216 Å². The highest BCUT2D eigenvalue weighted by molar-refractivity contribution is 5.75. The van der Waals surface area contributed by atoms with Crippen molar-refractivity contribution in [2.75, 3.05) is 26.2 Å². The number of benzene rings is 1. The zero-order valence-electron chi connectivity index (χ0n) is 21.0. The van der Waals surface area contributed by atoms with Crippen LogP contribution in [0, 0.1) is 0 Å². The van der Waals surface area contributed by atoms with Crippen LogP contribution < -0.4 is 14.8 Å². The summed E-state index contributed by atoms with van der Waals surface area (Å²) in [7, 11) is 0. The maximum Gasteiger partial charge on any atom is 0.573 e. The molecule has 2 rings (SSSR count). The summed E-state index contributed by atoms with van der Waals surface area (Å²) in [5, 5.41) is 34.9. The first kappa shape index (κ1) is 34.4. The molecule has 0 bridgehead atoms. The van der Waals surface area contributed by atoms with E-state index in [4.69, 9.17) is 25.2 Å². The monoisotopic (exact) mass is 554 g/mol. The number of carboxylic acids is 4. The molecule has 0 spiro atoms. The minimum atomic E-state index is -4.69. The number of nitrogens with one attached hydrogen (secondary N) is 1. The number of hydrogen-bond acceptors (Lipinski definition) is 8. The van der Waals surface area contributed by atoms with Crippen molar-refractivity contribution in [1.29, 1.82) is 0 Å². The molecule has 5 N–H and O–H groups in total. The second kappa shape index (κ2) is 17.8. The molecule has 1 aliphatic heterocycles. The average Bonchev–Trinajstić information content (AvgIpc) is 2.78. The number of alkyl halides is 3. The Bertz CT molecular complexity index is 856. The van der Waals surface area contributed by atoms with E-state index in [2.05, 4.69) is 21.9 Å². The highest BCUT2D eigenvalue weighted by Gasteiger charge is 2.31. The van der Waals surface area contributed by atoms with Crippen LogP contribution in [0.1, 0.15) is 45.1 Å². The summed E-state index contributed by atoms with van der Waals surface area (Å²) in [6.07, 6.45) is -5.87. The van der Waals surface area contributed by atoms with Crippen molar-refractivity contribution in [3.63, 3.8) is 0 Å². The minimum Gasteiger partial charge on any atom is -0.494 e. The number of ether oxygens (including phenoxy) is 2. The molecule has 1 aromatic rings. The molecule has 1 aromatic carbocycles. The van der Waals surface area contributed by atoms with Crippen molar-refractivity contribution in [1.82, 2.24) is 10.2 Å². The zero-order valence-corrected chi connectivity index (χ0v) is 21.0. The van der Waals surface area contributed by atoms with Crippen LogP contribution >= 0.6 is 0 Å². The van der Waals surface area contributed by atoms with E-state index in [0.29, 0.717) is 30.5 Å². The first-order chi connectivity index (χ1) is 17.6. The van der Waals surface area contributed by atoms with Crippen LogP contribution in [-0.2, 0) is 25.7 Å². The first-order valence-electron chi connectivity index (χ1n) is 11.5. The maximum atomic E-state index is 12.4. The summed E-state index contributed by atoms with van der Waals surface area (Å²) in [5.41, 5.74) is 0.706. The summed E-state index contributed by atoms with van der Waals surface area (Å²) in [6, 6.07) is 4.58. The van der Waals surface area contributed by atoms with Crippen LogP contribution in [0.25, 0.3) is 0 Å². The van der Waals surface area contributed by atoms with Gasteiger partial charge in [0.25, 0.3) is 0 Å². The van der Waals surface area contributed by atoms with E-state index in [-0.39, 0.29) is 31.4 Å². The molecule has 0 aromatic heterocycles. The predicted octanol–water partition coefficient (Wildman–Crippen LogP) is 2.65. The van der Waals surface area contributed by atoms with Gasteiger partial charge in [0.05, 0.1) is 32.3 Å². The Morgan fingerprint density at radius 1 is 0.974 bits per heavy atom. The van der Waals surface area contributed by atoms with Gasteiger partial charge in [-0.25, -0.2) is 0 Å². The Morgan fingerprint density at radius 3 is 1.87 bits per heavy atom. The lowest BCUT2D eigenvalue weighted by molar-refractivity contribution is -0.274. The number of hydrogen-bond donors (Lipinski definition) is 5. The number of aliphatic carboxylic acids is 4. The molecule has 0 radical (unpaired) electrons. The lowest BCUT2D eigenvalue weighted by Gasteiger charge is -2.32. The van der Waals surface area contributed by atoms with Crippen molar-refractivity contribution < 1.29 is 62.2 Å². The molecule has 1 fully saturated rings. The number of halogens is 3. The maximum absolute atomic E-state index is 12.4. The summed E-state index contributed by atoms with van der Waals surface area (Å²) >= 11 is 0. The van der Waals surface area contributed by atoms with Crippen LogP contribution in [0.5, 0.6) is 11.5 Å². The molecule has 38 heavy (non-hydrogen) atoms. The van der Waals surface area contributed by atoms with Gasteiger partial charge in [-0.15, -0.1) is 13.2 Å². The second-order valence-corrected chi connectivity index (χ2v) is 7.92. The summed E-state index contributed by atoms with van der Waals surface area (Å²) in [6.45, 7) is 7.48. The summed E-state index contributed by atoms with van der Waals surface area (Å²) in [4.78, 5) is 40.8. The van der Waals surface area contributed by atoms with Gasteiger partial charge in [-0.3, -0.25) is 24.1 Å². The standard InChI is InChI=1S/C15H21F3N2O2.2C4H6O4/c1-3-21-14-5-4-13(22-15(16,17)18)8-12(14)10-20-7-6-19-11(2)9-20;2*5-3(6)1-2-4(7)8/h4-5,8,11,19H,3,6-7,9-10H2,1-2H3;2*1-2H2,(H,5,6)(H,7,8)/t11-;;/m0../s1. The van der Waals surface area contributed by atoms with Gasteiger partial charge in [-0.1, -0.05) is 0 Å². The van der Waals surface area contributed by atoms with Gasteiger partial charge in [0.15, 0.2) is 0 Å². The van der Waals surface area contributed by atoms with Gasteiger partial charge in [0, 0.05) is 37.8 Å². The fraction of sp³-hybridized carbons (Fsp3) is 0.565. The quantitative estimate of drug-likeness (QED) is 0.270. The topological polar surface area (TPSA) is 183 Å². The average molecular weight is 555 g/mol. The second-order valence-electron chi connectivity index (χ2n) is 7.92. The predicted molar refractivity (Wildman–Crippen MR) is 126 cm³/mol. The van der Waals surface area contributed by atoms with Crippen LogP contribution in [0.4, 0.5) is 13.2 Å². The van der Waals surface area contributed by atoms with E-state index in [1.807, 2.05) is 6.92 Å². The Kier molecular flexibility index (Phi) is 16.1. The lowest BCUT2D eigenvalue weighted by Crippen LogP contribution is -2.48. The first-order valence-corrected chi connectivity index (χ1v) is 11.5. The lowest BCUT2D eigenvalue weighted by atomic mass is 10.1. The number of rotatable bonds is 11. The molecular weight excluding hydrogens is 521 g/mol. The SMILES string of the molecule is CCOc1ccc(OC(F)(F)F)cc1CN1CCN[C@@H](C)C1.O=C(O)CCC(=O)O.O=C(O)CCC(=O)O. The van der Waals surface area contributed by atoms with Gasteiger partial charge >= 0.3 is 30.2 Å². The largest absolute Gasteiger partial charge is 0.573 e. The van der Waals surface area contributed by atoms with Gasteiger partial charge in [-0.2, -0.15) is 0 Å². The molecule has 1 atom stereocenters. The molecule has 1 heterocycles. The fourth-order valence-electron chi connectivity index (χ4n) is 3.00. The molecule has 1 saturated heterocycles. The molecule has 1 aliphatic rings. The highest BCUT2D eigenvalue weighted by atomic mass is 19.4.